The van der Waals surface area contributed by atoms with E-state index in [2.05, 4.69) is 15.3 Å². The number of carbonyl (C=O) groups excluding carboxylic acids is 1. The molecule has 4 atom stereocenters. The minimum atomic E-state index is -0.988. The second-order valence-corrected chi connectivity index (χ2v) is 9.20. The number of hydrogen-bond donors (Lipinski definition) is 3. The number of thiazole rings is 1. The third kappa shape index (κ3) is 4.03. The van der Waals surface area contributed by atoms with Crippen LogP contribution in [-0.2, 0) is 0 Å². The number of amides is 1. The van der Waals surface area contributed by atoms with E-state index in [0.29, 0.717) is 18.4 Å². The Hall–Kier alpha value is -2.75. The van der Waals surface area contributed by atoms with Crippen LogP contribution in [0.15, 0.2) is 41.5 Å². The van der Waals surface area contributed by atoms with E-state index in [0.717, 1.165) is 11.6 Å². The number of aliphatic hydroxyl groups is 1. The number of nitrogens with zero attached hydrogens (tertiary/aromatic N) is 2. The number of anilines is 1. The second-order valence-electron chi connectivity index (χ2n) is 8.48. The fourth-order valence-electron chi connectivity index (χ4n) is 4.29. The molecule has 9 heteroatoms. The van der Waals surface area contributed by atoms with Crippen LogP contribution in [0.4, 0.5) is 14.5 Å². The van der Waals surface area contributed by atoms with Gasteiger partial charge in [0.05, 0.1) is 11.1 Å². The van der Waals surface area contributed by atoms with Crippen molar-refractivity contribution in [3.8, 4) is 11.1 Å². The smallest absolute Gasteiger partial charge is 0.275 e. The molecule has 1 saturated carbocycles. The predicted molar refractivity (Wildman–Crippen MR) is 119 cm³/mol. The highest BCUT2D eigenvalue weighted by Gasteiger charge is 2.42. The highest BCUT2D eigenvalue weighted by atomic mass is 32.1. The van der Waals surface area contributed by atoms with Gasteiger partial charge in [-0.15, -0.1) is 11.3 Å². The van der Waals surface area contributed by atoms with Crippen molar-refractivity contribution < 1.29 is 18.7 Å². The van der Waals surface area contributed by atoms with Crippen molar-refractivity contribution in [1.29, 1.82) is 0 Å². The zero-order valence-corrected chi connectivity index (χ0v) is 18.5. The first kappa shape index (κ1) is 22.4. The average molecular weight is 459 g/mol. The summed E-state index contributed by atoms with van der Waals surface area (Å²) < 4.78 is 29.9. The summed E-state index contributed by atoms with van der Waals surface area (Å²) in [5.74, 6) is -2.56. The largest absolute Gasteiger partial charge is 0.388 e. The van der Waals surface area contributed by atoms with Gasteiger partial charge in [-0.3, -0.25) is 9.78 Å². The van der Waals surface area contributed by atoms with E-state index in [1.165, 1.54) is 34.5 Å². The molecule has 2 aromatic heterocycles. The first-order valence-corrected chi connectivity index (χ1v) is 11.2. The van der Waals surface area contributed by atoms with E-state index in [9.17, 15) is 14.3 Å². The Balaban J connectivity index is 1.72. The van der Waals surface area contributed by atoms with E-state index >= 15 is 4.39 Å². The van der Waals surface area contributed by atoms with Gasteiger partial charge in [-0.25, -0.2) is 13.8 Å². The monoisotopic (exact) mass is 458 g/mol. The van der Waals surface area contributed by atoms with Gasteiger partial charge >= 0.3 is 0 Å². The van der Waals surface area contributed by atoms with Gasteiger partial charge < -0.3 is 16.2 Å². The van der Waals surface area contributed by atoms with E-state index < -0.39 is 34.9 Å². The van der Waals surface area contributed by atoms with E-state index in [4.69, 9.17) is 5.73 Å². The van der Waals surface area contributed by atoms with Gasteiger partial charge in [0, 0.05) is 34.9 Å². The molecule has 6 nitrogen and oxygen atoms in total. The number of halogens is 2. The van der Waals surface area contributed by atoms with Crippen LogP contribution in [0.2, 0.25) is 0 Å². The maximum absolute atomic E-state index is 15.5. The highest BCUT2D eigenvalue weighted by Crippen LogP contribution is 2.44. The quantitative estimate of drug-likeness (QED) is 0.540. The van der Waals surface area contributed by atoms with Crippen molar-refractivity contribution in [1.82, 2.24) is 9.97 Å². The predicted octanol–water partition coefficient (Wildman–Crippen LogP) is 4.33. The van der Waals surface area contributed by atoms with Crippen LogP contribution in [0.25, 0.3) is 11.1 Å². The molecular formula is C23H24F2N4O2S. The third-order valence-corrected chi connectivity index (χ3v) is 7.09. The SMILES string of the molecule is C[C@H]1C[C@@H](c2ccncc2-c2ccc(F)c(NC(=O)c3cscn3)c2F)C[C@@H](N)[C@]1(C)O. The minimum Gasteiger partial charge on any atom is -0.388 e. The molecule has 0 unspecified atom stereocenters. The normalized spacial score (nSPS) is 25.5. The summed E-state index contributed by atoms with van der Waals surface area (Å²) >= 11 is 1.21. The summed E-state index contributed by atoms with van der Waals surface area (Å²) in [5.41, 5.74) is 7.72. The molecule has 0 bridgehead atoms. The lowest BCUT2D eigenvalue weighted by atomic mass is 9.67. The van der Waals surface area contributed by atoms with Gasteiger partial charge in [-0.05, 0) is 55.4 Å². The van der Waals surface area contributed by atoms with Crippen LogP contribution in [-0.4, -0.2) is 32.6 Å². The lowest BCUT2D eigenvalue weighted by Gasteiger charge is -2.44. The number of nitrogens with two attached hydrogens (primary N) is 1. The zero-order chi connectivity index (χ0) is 23.0. The summed E-state index contributed by atoms with van der Waals surface area (Å²) in [7, 11) is 0. The van der Waals surface area contributed by atoms with Gasteiger partial charge in [-0.1, -0.05) is 6.92 Å². The second kappa shape index (κ2) is 8.65. The van der Waals surface area contributed by atoms with Crippen molar-refractivity contribution >= 4 is 22.9 Å². The first-order chi connectivity index (χ1) is 15.2. The fraction of sp³-hybridized carbons (Fsp3) is 0.348. The summed E-state index contributed by atoms with van der Waals surface area (Å²) in [6.07, 6.45) is 4.33. The van der Waals surface area contributed by atoms with Crippen molar-refractivity contribution in [2.75, 3.05) is 5.32 Å². The Bertz CT molecular complexity index is 1120. The highest BCUT2D eigenvalue weighted by molar-refractivity contribution is 7.07. The first-order valence-electron chi connectivity index (χ1n) is 10.3. The summed E-state index contributed by atoms with van der Waals surface area (Å²) in [4.78, 5) is 20.3. The number of aromatic nitrogens is 2. The van der Waals surface area contributed by atoms with Gasteiger partial charge in [0.15, 0.2) is 5.82 Å². The molecule has 0 radical (unpaired) electrons. The van der Waals surface area contributed by atoms with Crippen LogP contribution in [0.5, 0.6) is 0 Å². The lowest BCUT2D eigenvalue weighted by molar-refractivity contribution is -0.0463. The van der Waals surface area contributed by atoms with Crippen LogP contribution < -0.4 is 11.1 Å². The molecule has 1 amide bonds. The third-order valence-electron chi connectivity index (χ3n) is 6.50. The Labute approximate surface area is 188 Å². The van der Waals surface area contributed by atoms with Crippen LogP contribution >= 0.6 is 11.3 Å². The summed E-state index contributed by atoms with van der Waals surface area (Å²) in [6, 6.07) is 3.82. The van der Waals surface area contributed by atoms with E-state index in [1.54, 1.807) is 19.2 Å². The van der Waals surface area contributed by atoms with Gasteiger partial charge in [0.25, 0.3) is 5.91 Å². The van der Waals surface area contributed by atoms with Crippen LogP contribution in [0.3, 0.4) is 0 Å². The Morgan fingerprint density at radius 1 is 1.28 bits per heavy atom. The molecule has 2 heterocycles. The zero-order valence-electron chi connectivity index (χ0n) is 17.7. The topological polar surface area (TPSA) is 101 Å². The number of nitrogens with one attached hydrogen (secondary N) is 1. The average Bonchev–Trinajstić information content (AvgIpc) is 3.30. The summed E-state index contributed by atoms with van der Waals surface area (Å²) in [5, 5.41) is 14.4. The Morgan fingerprint density at radius 2 is 2.06 bits per heavy atom. The summed E-state index contributed by atoms with van der Waals surface area (Å²) in [6.45, 7) is 3.68. The molecule has 4 rings (SSSR count). The molecule has 3 aromatic rings. The van der Waals surface area contributed by atoms with Gasteiger partial charge in [-0.2, -0.15) is 0 Å². The molecule has 1 aliphatic rings. The number of carbonyl (C=O) groups is 1. The molecule has 0 aliphatic heterocycles. The van der Waals surface area contributed by atoms with Crippen molar-refractivity contribution in [3.05, 3.63) is 64.4 Å². The lowest BCUT2D eigenvalue weighted by Crippen LogP contribution is -2.54. The maximum atomic E-state index is 15.5. The number of hydrogen-bond acceptors (Lipinski definition) is 6. The Morgan fingerprint density at radius 3 is 2.75 bits per heavy atom. The standard InChI is InChI=1S/C23H24F2N4O2S/c1-12-7-13(8-19(26)23(12,2)31)14-5-6-27-9-16(14)15-3-4-17(24)21(20(15)25)29-22(30)18-10-32-11-28-18/h3-6,9-13,19,31H,7-8,26H2,1-2H3,(H,29,30)/t12-,13+,19+,23+/m0/s1. The molecular weight excluding hydrogens is 434 g/mol. The van der Waals surface area contributed by atoms with E-state index in [1.807, 2.05) is 6.92 Å². The van der Waals surface area contributed by atoms with Crippen LogP contribution in [0.1, 0.15) is 48.7 Å². The number of benzene rings is 1. The number of pyridine rings is 1. The fourth-order valence-corrected chi connectivity index (χ4v) is 4.82. The molecule has 1 aromatic carbocycles. The maximum Gasteiger partial charge on any atom is 0.275 e. The van der Waals surface area contributed by atoms with Crippen molar-refractivity contribution in [2.45, 2.75) is 44.2 Å². The molecule has 4 N–H and O–H groups in total. The van der Waals surface area contributed by atoms with Crippen molar-refractivity contribution in [2.24, 2.45) is 11.7 Å². The molecule has 168 valence electrons. The molecule has 1 fully saturated rings. The molecule has 1 aliphatic carbocycles. The Kier molecular flexibility index (Phi) is 6.07. The van der Waals surface area contributed by atoms with Gasteiger partial charge in [0.1, 0.15) is 17.2 Å². The van der Waals surface area contributed by atoms with Crippen molar-refractivity contribution in [3.63, 3.8) is 0 Å². The molecule has 0 spiro atoms. The molecule has 0 saturated heterocycles. The minimum absolute atomic E-state index is 0.0317. The van der Waals surface area contributed by atoms with E-state index in [-0.39, 0.29) is 23.1 Å². The number of rotatable bonds is 4. The van der Waals surface area contributed by atoms with Gasteiger partial charge in [0.2, 0.25) is 0 Å². The van der Waals surface area contributed by atoms with Crippen LogP contribution in [0, 0.1) is 17.6 Å². The molecule has 32 heavy (non-hydrogen) atoms.